The molecule has 0 aromatic heterocycles. The van der Waals surface area contributed by atoms with Crippen molar-refractivity contribution in [2.24, 2.45) is 35.5 Å². The number of carbonyl (C=O) groups is 2. The van der Waals surface area contributed by atoms with Gasteiger partial charge in [0.1, 0.15) is 5.78 Å². The summed E-state index contributed by atoms with van der Waals surface area (Å²) in [4.78, 5) is 26.1. The topological polar surface area (TPSA) is 126 Å². The van der Waals surface area contributed by atoms with Crippen LogP contribution < -0.4 is 10.4 Å². The standard InChI is InChI=1S/C68H112O12Si2/c1-46(37-41-62(70)74-19)36-39-55(80-81(21,22)66(8,9)10)42-53-30-29-31-54(77-53)43-59(71-16)50(5)60(72-17)44-61(73-18)51(6)65-52(7)64(78-68(14,15)79-65)47(2)38-40-58(69)49(4)63(75-20)48(3)45-76-82(67(11,12)13,56-32-25-23-26-33-56)57-34-27-24-28-35-57/h23-30,32-37,41,47-55,59-61,63-65H,31,38-40,42-45H2,1-22H3/b41-37+,46-36+/t47-,48+,49-,50+,51-,52-,53-,54-,55-,59-,60-,61+,63+,64-,65-/m0/s1. The molecule has 2 aromatic rings. The fraction of sp³-hybridized carbons (Fsp3) is 0.706. The van der Waals surface area contributed by atoms with Gasteiger partial charge in [-0.1, -0.05) is 174 Å². The minimum atomic E-state index is -2.78. The molecule has 0 saturated carbocycles. The summed E-state index contributed by atoms with van der Waals surface area (Å²) in [6.07, 6.45) is 13.0. The molecule has 14 heteroatoms. The third-order valence-electron chi connectivity index (χ3n) is 18.5. The highest BCUT2D eigenvalue weighted by atomic mass is 28.4. The van der Waals surface area contributed by atoms with Crippen molar-refractivity contribution in [2.75, 3.05) is 42.2 Å². The molecule has 0 radical (unpaired) electrons. The summed E-state index contributed by atoms with van der Waals surface area (Å²) in [6, 6.07) is 21.4. The number of esters is 1. The maximum absolute atomic E-state index is 14.3. The van der Waals surface area contributed by atoms with Crippen LogP contribution in [0.2, 0.25) is 23.2 Å². The summed E-state index contributed by atoms with van der Waals surface area (Å²) in [5, 5.41) is 2.34. The molecule has 12 nitrogen and oxygen atoms in total. The van der Waals surface area contributed by atoms with E-state index in [0.29, 0.717) is 45.1 Å². The highest BCUT2D eigenvalue weighted by Crippen LogP contribution is 2.43. The van der Waals surface area contributed by atoms with Crippen LogP contribution in [0.25, 0.3) is 0 Å². The lowest BCUT2D eigenvalue weighted by atomic mass is 9.77. The van der Waals surface area contributed by atoms with Crippen molar-refractivity contribution in [3.8, 4) is 0 Å². The Hall–Kier alpha value is -3.13. The molecule has 0 bridgehead atoms. The maximum Gasteiger partial charge on any atom is 0.330 e. The summed E-state index contributed by atoms with van der Waals surface area (Å²) in [7, 11) is 3.55. The van der Waals surface area contributed by atoms with E-state index in [2.05, 4.69) is 168 Å². The summed E-state index contributed by atoms with van der Waals surface area (Å²) < 4.78 is 64.8. The maximum atomic E-state index is 14.3. The third kappa shape index (κ3) is 19.4. The molecule has 1 saturated heterocycles. The smallest absolute Gasteiger partial charge is 0.330 e. The highest BCUT2D eigenvalue weighted by molar-refractivity contribution is 6.99. The molecule has 82 heavy (non-hydrogen) atoms. The lowest BCUT2D eigenvalue weighted by molar-refractivity contribution is -0.338. The van der Waals surface area contributed by atoms with E-state index in [1.165, 1.54) is 23.6 Å². The van der Waals surface area contributed by atoms with Crippen LogP contribution in [-0.2, 0) is 56.3 Å². The average Bonchev–Trinajstić information content (AvgIpc) is 3.35. The average molecular weight is 1180 g/mol. The van der Waals surface area contributed by atoms with Crippen LogP contribution in [0.1, 0.15) is 149 Å². The first-order valence-corrected chi connectivity index (χ1v) is 35.4. The van der Waals surface area contributed by atoms with Crippen molar-refractivity contribution in [1.82, 2.24) is 0 Å². The van der Waals surface area contributed by atoms with Crippen LogP contribution >= 0.6 is 0 Å². The fourth-order valence-corrected chi connectivity index (χ4v) is 18.6. The number of hydrogen-bond acceptors (Lipinski definition) is 12. The number of hydrogen-bond donors (Lipinski definition) is 0. The Balaban J connectivity index is 1.40. The zero-order valence-electron chi connectivity index (χ0n) is 54.9. The molecule has 1 fully saturated rings. The number of allylic oxidation sites excluding steroid dienone is 2. The first kappa shape index (κ1) is 71.4. The molecule has 0 unspecified atom stereocenters. The van der Waals surface area contributed by atoms with Crippen molar-refractivity contribution in [1.29, 1.82) is 0 Å². The van der Waals surface area contributed by atoms with E-state index in [1.807, 2.05) is 27.7 Å². The Bertz CT molecular complexity index is 2270. The molecular weight excluding hydrogens is 1060 g/mol. The van der Waals surface area contributed by atoms with Gasteiger partial charge in [-0.25, -0.2) is 4.79 Å². The SMILES string of the molecule is COC(=O)/C=C/C(C)=C/C[C@@H](C[C@@H]1C=CC[C@@H](C[C@H](OC)[C@@H](C)[C@H](C[C@@H](OC)[C@H](C)[C@@H]2OC(C)(C)O[C@@H]([C@@H](C)CCC(=O)[C@H](C)[C@H](OC)[C@H](C)CO[Si](c3ccccc3)(c3ccccc3)C(C)(C)C)[C@@H]2C)OC)O1)O[Si](C)(C)C(C)(C)C. The summed E-state index contributed by atoms with van der Waals surface area (Å²) >= 11 is 0. The van der Waals surface area contributed by atoms with Crippen molar-refractivity contribution in [2.45, 2.75) is 233 Å². The lowest BCUT2D eigenvalue weighted by Crippen LogP contribution is -2.67. The van der Waals surface area contributed by atoms with Gasteiger partial charge in [0.15, 0.2) is 14.1 Å². The van der Waals surface area contributed by atoms with Gasteiger partial charge in [0.25, 0.3) is 8.32 Å². The predicted molar refractivity (Wildman–Crippen MR) is 338 cm³/mol. The molecular formula is C68H112O12Si2. The van der Waals surface area contributed by atoms with Gasteiger partial charge in [-0.2, -0.15) is 0 Å². The number of rotatable bonds is 32. The molecule has 0 spiro atoms. The molecule has 2 aliphatic heterocycles. The Morgan fingerprint density at radius 2 is 1.33 bits per heavy atom. The Morgan fingerprint density at radius 1 is 0.756 bits per heavy atom. The quantitative estimate of drug-likeness (QED) is 0.0228. The molecule has 15 atom stereocenters. The van der Waals surface area contributed by atoms with Gasteiger partial charge in [0, 0.05) is 96.4 Å². The zero-order chi connectivity index (χ0) is 61.4. The summed E-state index contributed by atoms with van der Waals surface area (Å²) in [6.45, 7) is 37.7. The molecule has 2 aliphatic rings. The Morgan fingerprint density at radius 3 is 1.85 bits per heavy atom. The Kier molecular flexibility index (Phi) is 27.9. The van der Waals surface area contributed by atoms with Gasteiger partial charge in [0.2, 0.25) is 0 Å². The van der Waals surface area contributed by atoms with Crippen LogP contribution in [0.4, 0.5) is 0 Å². The molecule has 2 aromatic carbocycles. The number of methoxy groups -OCH3 is 5. The molecule has 464 valence electrons. The Labute approximate surface area is 499 Å². The third-order valence-corrected chi connectivity index (χ3v) is 28.0. The van der Waals surface area contributed by atoms with Gasteiger partial charge < -0.3 is 46.7 Å². The molecule has 0 N–H and O–H groups in total. The van der Waals surface area contributed by atoms with Crippen molar-refractivity contribution >= 4 is 38.8 Å². The van der Waals surface area contributed by atoms with Gasteiger partial charge in [-0.3, -0.25) is 4.79 Å². The van der Waals surface area contributed by atoms with E-state index in [1.54, 1.807) is 34.5 Å². The number of carbonyl (C=O) groups excluding carboxylic acids is 2. The van der Waals surface area contributed by atoms with Crippen LogP contribution in [0, 0.1) is 35.5 Å². The first-order chi connectivity index (χ1) is 38.4. The number of Topliss-reactive ketones (excluding diaryl/α,β-unsaturated/α-hetero) is 1. The van der Waals surface area contributed by atoms with Crippen LogP contribution in [0.15, 0.2) is 96.6 Å². The molecule has 4 rings (SSSR count). The minimum absolute atomic E-state index is 0.0125. The normalized spacial score (nSPS) is 24.0. The van der Waals surface area contributed by atoms with E-state index in [4.69, 9.17) is 46.7 Å². The van der Waals surface area contributed by atoms with Crippen molar-refractivity contribution < 1.29 is 56.3 Å². The second-order valence-electron chi connectivity index (χ2n) is 27.1. The van der Waals surface area contributed by atoms with Crippen LogP contribution in [0.5, 0.6) is 0 Å². The second kappa shape index (κ2) is 32.0. The number of benzene rings is 2. The minimum Gasteiger partial charge on any atom is -0.466 e. The monoisotopic (exact) mass is 1180 g/mol. The number of ketones is 1. The zero-order valence-corrected chi connectivity index (χ0v) is 56.9. The van der Waals surface area contributed by atoms with Crippen LogP contribution in [-0.4, -0.2) is 131 Å². The van der Waals surface area contributed by atoms with E-state index < -0.39 is 22.4 Å². The van der Waals surface area contributed by atoms with Crippen molar-refractivity contribution in [3.63, 3.8) is 0 Å². The van der Waals surface area contributed by atoms with Gasteiger partial charge in [0.05, 0.1) is 62.0 Å². The molecule has 2 heterocycles. The van der Waals surface area contributed by atoms with Gasteiger partial charge in [-0.05, 0) is 79.5 Å². The van der Waals surface area contributed by atoms with E-state index in [9.17, 15) is 9.59 Å². The summed E-state index contributed by atoms with van der Waals surface area (Å²) in [5.41, 5.74) is 0.975. The van der Waals surface area contributed by atoms with E-state index in [-0.39, 0.29) is 112 Å². The van der Waals surface area contributed by atoms with E-state index in [0.717, 1.165) is 12.0 Å². The van der Waals surface area contributed by atoms with E-state index >= 15 is 0 Å². The van der Waals surface area contributed by atoms with Gasteiger partial charge >= 0.3 is 5.97 Å². The largest absolute Gasteiger partial charge is 0.466 e. The summed E-state index contributed by atoms with van der Waals surface area (Å²) in [5.74, 6) is -1.32. The van der Waals surface area contributed by atoms with Crippen molar-refractivity contribution in [3.05, 3.63) is 96.6 Å². The molecule has 0 aliphatic carbocycles. The van der Waals surface area contributed by atoms with Crippen LogP contribution in [0.3, 0.4) is 0 Å². The predicted octanol–water partition coefficient (Wildman–Crippen LogP) is 13.6. The first-order valence-electron chi connectivity index (χ1n) is 30.6. The highest BCUT2D eigenvalue weighted by Gasteiger charge is 2.51. The number of ether oxygens (including phenoxy) is 8. The molecule has 0 amide bonds. The second-order valence-corrected chi connectivity index (χ2v) is 36.2. The van der Waals surface area contributed by atoms with Gasteiger partial charge in [-0.15, -0.1) is 0 Å². The fourth-order valence-electron chi connectivity index (χ4n) is 12.5. The lowest BCUT2D eigenvalue weighted by Gasteiger charge is -2.50.